The van der Waals surface area contributed by atoms with Gasteiger partial charge in [0.05, 0.1) is 11.1 Å². The minimum atomic E-state index is -0.498. The lowest BCUT2D eigenvalue weighted by atomic mass is 10.1. The number of pyridine rings is 1. The number of halogens is 1. The van der Waals surface area contributed by atoms with E-state index in [2.05, 4.69) is 19.9 Å². The van der Waals surface area contributed by atoms with E-state index in [-0.39, 0.29) is 18.4 Å². The van der Waals surface area contributed by atoms with Crippen molar-refractivity contribution in [1.82, 2.24) is 19.9 Å². The van der Waals surface area contributed by atoms with Crippen LogP contribution in [0.2, 0.25) is 5.15 Å². The number of benzene rings is 1. The smallest absolute Gasteiger partial charge is 0.338 e. The lowest BCUT2D eigenvalue weighted by Gasteiger charge is -2.11. The van der Waals surface area contributed by atoms with Crippen LogP contribution >= 0.6 is 11.6 Å². The number of nitrogen functional groups attached to an aromatic ring is 1. The van der Waals surface area contributed by atoms with Crippen LogP contribution in [0.4, 0.5) is 11.9 Å². The Morgan fingerprint density at radius 3 is 2.72 bits per heavy atom. The number of anilines is 2. The molecule has 0 unspecified atom stereocenters. The van der Waals surface area contributed by atoms with Gasteiger partial charge in [-0.1, -0.05) is 11.6 Å². The molecule has 2 N–H and O–H groups in total. The first-order chi connectivity index (χ1) is 11.9. The summed E-state index contributed by atoms with van der Waals surface area (Å²) in [5.41, 5.74) is 6.74. The maximum absolute atomic E-state index is 12.3. The van der Waals surface area contributed by atoms with Crippen LogP contribution in [0, 0.1) is 0 Å². The van der Waals surface area contributed by atoms with Crippen molar-refractivity contribution in [3.05, 3.63) is 46.9 Å². The zero-order valence-electron chi connectivity index (χ0n) is 13.6. The van der Waals surface area contributed by atoms with Gasteiger partial charge in [-0.15, -0.1) is 0 Å². The number of carbonyl (C=O) groups excluding carboxylic acids is 1. The third-order valence-electron chi connectivity index (χ3n) is 3.31. The number of rotatable bonds is 4. The Hall–Kier alpha value is -3.00. The minimum Gasteiger partial charge on any atom is -0.454 e. The van der Waals surface area contributed by atoms with E-state index in [9.17, 15) is 4.79 Å². The van der Waals surface area contributed by atoms with E-state index < -0.39 is 5.97 Å². The van der Waals surface area contributed by atoms with Gasteiger partial charge in [0.2, 0.25) is 11.9 Å². The van der Waals surface area contributed by atoms with Crippen molar-refractivity contribution in [1.29, 1.82) is 0 Å². The second-order valence-electron chi connectivity index (χ2n) is 5.42. The van der Waals surface area contributed by atoms with Gasteiger partial charge in [0.25, 0.3) is 0 Å². The van der Waals surface area contributed by atoms with Crippen LogP contribution < -0.4 is 10.6 Å². The first-order valence-corrected chi connectivity index (χ1v) is 7.71. The summed E-state index contributed by atoms with van der Waals surface area (Å²) >= 11 is 5.85. The summed E-state index contributed by atoms with van der Waals surface area (Å²) in [7, 11) is 3.56. The Morgan fingerprint density at radius 2 is 1.96 bits per heavy atom. The van der Waals surface area contributed by atoms with Crippen molar-refractivity contribution in [2.75, 3.05) is 24.7 Å². The number of esters is 1. The number of hydrogen-bond acceptors (Lipinski definition) is 8. The first kappa shape index (κ1) is 16.8. The maximum Gasteiger partial charge on any atom is 0.338 e. The predicted molar refractivity (Wildman–Crippen MR) is 94.4 cm³/mol. The molecule has 2 aromatic heterocycles. The summed E-state index contributed by atoms with van der Waals surface area (Å²) in [6, 6.07) is 8.48. The van der Waals surface area contributed by atoms with Crippen molar-refractivity contribution in [2.24, 2.45) is 0 Å². The van der Waals surface area contributed by atoms with E-state index in [0.717, 1.165) is 5.39 Å². The lowest BCUT2D eigenvalue weighted by molar-refractivity contribution is 0.0462. The molecule has 25 heavy (non-hydrogen) atoms. The van der Waals surface area contributed by atoms with Crippen molar-refractivity contribution in [3.63, 3.8) is 0 Å². The Bertz CT molecular complexity index is 947. The third-order valence-corrected chi connectivity index (χ3v) is 3.52. The lowest BCUT2D eigenvalue weighted by Crippen LogP contribution is -2.17. The molecule has 1 aromatic carbocycles. The molecule has 0 radical (unpaired) electrons. The van der Waals surface area contributed by atoms with Gasteiger partial charge in [0.1, 0.15) is 5.15 Å². The molecule has 0 atom stereocenters. The van der Waals surface area contributed by atoms with Gasteiger partial charge in [-0.2, -0.15) is 15.0 Å². The molecular formula is C16H15ClN6O2. The molecule has 3 rings (SSSR count). The zero-order valence-corrected chi connectivity index (χ0v) is 14.4. The summed E-state index contributed by atoms with van der Waals surface area (Å²) in [5.74, 6) is 0.242. The highest BCUT2D eigenvalue weighted by atomic mass is 35.5. The highest BCUT2D eigenvalue weighted by Crippen LogP contribution is 2.18. The minimum absolute atomic E-state index is 0.0680. The summed E-state index contributed by atoms with van der Waals surface area (Å²) in [4.78, 5) is 30.2. The molecular weight excluding hydrogens is 344 g/mol. The highest BCUT2D eigenvalue weighted by Gasteiger charge is 2.12. The van der Waals surface area contributed by atoms with Crippen LogP contribution in [0.5, 0.6) is 0 Å². The highest BCUT2D eigenvalue weighted by molar-refractivity contribution is 6.29. The van der Waals surface area contributed by atoms with E-state index in [4.69, 9.17) is 22.1 Å². The predicted octanol–water partition coefficient (Wildman–Crippen LogP) is 2.08. The molecule has 0 aliphatic rings. The maximum atomic E-state index is 12.3. The summed E-state index contributed by atoms with van der Waals surface area (Å²) in [6.07, 6.45) is 0. The van der Waals surface area contributed by atoms with Crippen LogP contribution in [-0.4, -0.2) is 40.0 Å². The summed E-state index contributed by atoms with van der Waals surface area (Å²) < 4.78 is 5.26. The fourth-order valence-electron chi connectivity index (χ4n) is 2.13. The summed E-state index contributed by atoms with van der Waals surface area (Å²) in [6.45, 7) is -0.108. The average Bonchev–Trinajstić information content (AvgIpc) is 2.58. The number of nitrogens with two attached hydrogens (primary N) is 1. The van der Waals surface area contributed by atoms with Gasteiger partial charge < -0.3 is 15.4 Å². The molecule has 128 valence electrons. The van der Waals surface area contributed by atoms with Gasteiger partial charge in [0.15, 0.2) is 12.4 Å². The number of aromatic nitrogens is 4. The van der Waals surface area contributed by atoms with Gasteiger partial charge >= 0.3 is 5.97 Å². The number of ether oxygens (including phenoxy) is 1. The van der Waals surface area contributed by atoms with Crippen LogP contribution in [0.1, 0.15) is 16.2 Å². The topological polar surface area (TPSA) is 107 Å². The van der Waals surface area contributed by atoms with Crippen LogP contribution in [0.3, 0.4) is 0 Å². The van der Waals surface area contributed by atoms with Crippen LogP contribution in [0.25, 0.3) is 10.9 Å². The van der Waals surface area contributed by atoms with E-state index in [1.807, 2.05) is 0 Å². The molecule has 0 aliphatic heterocycles. The van der Waals surface area contributed by atoms with Gasteiger partial charge in [0, 0.05) is 19.5 Å². The largest absolute Gasteiger partial charge is 0.454 e. The number of hydrogen-bond donors (Lipinski definition) is 1. The Kier molecular flexibility index (Phi) is 4.62. The molecule has 0 saturated heterocycles. The summed E-state index contributed by atoms with van der Waals surface area (Å²) in [5, 5.41) is 1.19. The van der Waals surface area contributed by atoms with Gasteiger partial charge in [-0.25, -0.2) is 9.78 Å². The normalized spacial score (nSPS) is 10.7. The fourth-order valence-corrected chi connectivity index (χ4v) is 2.28. The van der Waals surface area contributed by atoms with Crippen LogP contribution in [-0.2, 0) is 11.3 Å². The van der Waals surface area contributed by atoms with Gasteiger partial charge in [-0.05, 0) is 30.3 Å². The van der Waals surface area contributed by atoms with Crippen molar-refractivity contribution in [3.8, 4) is 0 Å². The fraction of sp³-hybridized carbons (Fsp3) is 0.188. The average molecular weight is 359 g/mol. The third kappa shape index (κ3) is 3.92. The van der Waals surface area contributed by atoms with Crippen molar-refractivity contribution in [2.45, 2.75) is 6.61 Å². The molecule has 0 amide bonds. The second-order valence-corrected chi connectivity index (χ2v) is 5.81. The Balaban J connectivity index is 1.75. The van der Waals surface area contributed by atoms with E-state index >= 15 is 0 Å². The Labute approximate surface area is 148 Å². The van der Waals surface area contributed by atoms with E-state index in [0.29, 0.717) is 22.2 Å². The molecule has 0 aliphatic carbocycles. The van der Waals surface area contributed by atoms with Crippen molar-refractivity contribution >= 4 is 40.4 Å². The number of carbonyl (C=O) groups is 1. The molecule has 3 aromatic rings. The SMILES string of the molecule is CN(C)c1nc(N)nc(COC(=O)c2ccc3nc(Cl)ccc3c2)n1. The van der Waals surface area contributed by atoms with Gasteiger partial charge in [-0.3, -0.25) is 0 Å². The van der Waals surface area contributed by atoms with Crippen LogP contribution in [0.15, 0.2) is 30.3 Å². The van der Waals surface area contributed by atoms with E-state index in [1.165, 1.54) is 0 Å². The zero-order chi connectivity index (χ0) is 18.0. The molecule has 0 fully saturated rings. The second kappa shape index (κ2) is 6.86. The number of fused-ring (bicyclic) bond motifs is 1. The van der Waals surface area contributed by atoms with E-state index in [1.54, 1.807) is 49.3 Å². The standard InChI is InChI=1S/C16H15ClN6O2/c1-23(2)16-21-13(20-15(18)22-16)8-25-14(24)10-3-5-11-9(7-10)4-6-12(17)19-11/h3-7H,8H2,1-2H3,(H2,18,20,21,22). The monoisotopic (exact) mass is 358 g/mol. The number of nitrogens with zero attached hydrogens (tertiary/aromatic N) is 5. The molecule has 8 nitrogen and oxygen atoms in total. The Morgan fingerprint density at radius 1 is 1.16 bits per heavy atom. The first-order valence-electron chi connectivity index (χ1n) is 7.33. The molecule has 0 spiro atoms. The van der Waals surface area contributed by atoms with Crippen molar-refractivity contribution < 1.29 is 9.53 Å². The quantitative estimate of drug-likeness (QED) is 0.558. The molecule has 2 heterocycles. The molecule has 0 saturated carbocycles. The molecule has 9 heteroatoms. The molecule has 0 bridgehead atoms.